The van der Waals surface area contributed by atoms with Crippen molar-refractivity contribution in [1.82, 2.24) is 5.32 Å². The van der Waals surface area contributed by atoms with Crippen molar-refractivity contribution >= 4 is 11.8 Å². The van der Waals surface area contributed by atoms with E-state index in [0.29, 0.717) is 10.5 Å². The van der Waals surface area contributed by atoms with Crippen molar-refractivity contribution in [3.8, 4) is 0 Å². The van der Waals surface area contributed by atoms with Gasteiger partial charge in [0.1, 0.15) is 18.1 Å². The highest BCUT2D eigenvalue weighted by Gasteiger charge is 2.09. The molecule has 0 saturated carbocycles. The molecule has 16 heavy (non-hydrogen) atoms. The summed E-state index contributed by atoms with van der Waals surface area (Å²) in [7, 11) is 0. The fraction of sp³-hybridized carbons (Fsp3) is 0.667. The zero-order chi connectivity index (χ0) is 12.0. The van der Waals surface area contributed by atoms with Crippen molar-refractivity contribution in [2.45, 2.75) is 38.7 Å². The highest BCUT2D eigenvalue weighted by atomic mass is 32.2. The van der Waals surface area contributed by atoms with E-state index in [1.165, 1.54) is 0 Å². The minimum Gasteiger partial charge on any atom is -0.462 e. The van der Waals surface area contributed by atoms with E-state index in [2.05, 4.69) is 26.1 Å². The number of hydrogen-bond acceptors (Lipinski definition) is 4. The van der Waals surface area contributed by atoms with Crippen molar-refractivity contribution in [1.29, 1.82) is 0 Å². The first-order valence-corrected chi connectivity index (χ1v) is 6.53. The van der Waals surface area contributed by atoms with Gasteiger partial charge in [-0.3, -0.25) is 0 Å². The zero-order valence-corrected chi connectivity index (χ0v) is 11.1. The topological polar surface area (TPSA) is 45.4 Å². The third-order valence-electron chi connectivity index (χ3n) is 1.99. The lowest BCUT2D eigenvalue weighted by atomic mass is 10.3. The maximum atomic E-state index is 8.83. The molecule has 0 amide bonds. The van der Waals surface area contributed by atoms with Gasteiger partial charge in [0, 0.05) is 17.0 Å². The van der Waals surface area contributed by atoms with Gasteiger partial charge in [-0.25, -0.2) is 0 Å². The van der Waals surface area contributed by atoms with Gasteiger partial charge in [-0.05, 0) is 12.1 Å². The van der Waals surface area contributed by atoms with Gasteiger partial charge in [0.05, 0.1) is 6.54 Å². The number of rotatable bonds is 6. The molecule has 92 valence electrons. The molecule has 1 aromatic heterocycles. The molecule has 0 atom stereocenters. The predicted octanol–water partition coefficient (Wildman–Crippen LogP) is 2.39. The highest BCUT2D eigenvalue weighted by molar-refractivity contribution is 8.00. The molecule has 0 radical (unpaired) electrons. The summed E-state index contributed by atoms with van der Waals surface area (Å²) < 4.78 is 5.69. The minimum absolute atomic E-state index is 0.0279. The second-order valence-electron chi connectivity index (χ2n) is 4.66. The van der Waals surface area contributed by atoms with Crippen LogP contribution in [0.4, 0.5) is 0 Å². The summed E-state index contributed by atoms with van der Waals surface area (Å²) in [6.07, 6.45) is 0. The Labute approximate surface area is 102 Å². The summed E-state index contributed by atoms with van der Waals surface area (Å²) in [4.78, 5) is 0. The van der Waals surface area contributed by atoms with E-state index < -0.39 is 0 Å². The predicted molar refractivity (Wildman–Crippen MR) is 68.5 cm³/mol. The molecule has 2 N–H and O–H groups in total. The van der Waals surface area contributed by atoms with Gasteiger partial charge in [0.2, 0.25) is 0 Å². The third kappa shape index (κ3) is 5.58. The van der Waals surface area contributed by atoms with Crippen LogP contribution in [0.5, 0.6) is 0 Å². The molecule has 0 bridgehead atoms. The number of nitrogens with one attached hydrogen (secondary N) is 1. The van der Waals surface area contributed by atoms with Crippen LogP contribution in [0.25, 0.3) is 0 Å². The van der Waals surface area contributed by atoms with Crippen LogP contribution in [-0.4, -0.2) is 22.2 Å². The van der Waals surface area contributed by atoms with Crippen molar-refractivity contribution in [3.63, 3.8) is 0 Å². The SMILES string of the molecule is CC(C)(C)SCCNCc1ccc(CO)o1. The maximum Gasteiger partial charge on any atom is 0.129 e. The molecule has 0 saturated heterocycles. The summed E-state index contributed by atoms with van der Waals surface area (Å²) in [6, 6.07) is 3.70. The second kappa shape index (κ2) is 6.33. The van der Waals surface area contributed by atoms with Crippen LogP contribution in [0.1, 0.15) is 32.3 Å². The molecule has 0 aliphatic heterocycles. The molecule has 1 aromatic rings. The van der Waals surface area contributed by atoms with Gasteiger partial charge < -0.3 is 14.8 Å². The van der Waals surface area contributed by atoms with Gasteiger partial charge in [0.25, 0.3) is 0 Å². The van der Waals surface area contributed by atoms with E-state index in [1.54, 1.807) is 6.07 Å². The van der Waals surface area contributed by atoms with Crippen LogP contribution in [-0.2, 0) is 13.2 Å². The molecule has 1 heterocycles. The van der Waals surface area contributed by atoms with E-state index in [1.807, 2.05) is 17.8 Å². The van der Waals surface area contributed by atoms with Gasteiger partial charge in [-0.15, -0.1) is 0 Å². The summed E-state index contributed by atoms with van der Waals surface area (Å²) in [5, 5.41) is 12.1. The Morgan fingerprint density at radius 3 is 2.56 bits per heavy atom. The van der Waals surface area contributed by atoms with Crippen molar-refractivity contribution in [3.05, 3.63) is 23.7 Å². The van der Waals surface area contributed by atoms with Gasteiger partial charge in [0.15, 0.2) is 0 Å². The summed E-state index contributed by atoms with van der Waals surface area (Å²) >= 11 is 1.95. The normalized spacial score (nSPS) is 12.0. The van der Waals surface area contributed by atoms with E-state index in [0.717, 1.165) is 24.6 Å². The maximum absolute atomic E-state index is 8.83. The standard InChI is InChI=1S/C12H21NO2S/c1-12(2,3)16-7-6-13-8-10-4-5-11(9-14)15-10/h4-5,13-14H,6-9H2,1-3H3. The first-order chi connectivity index (χ1) is 7.51. The Hall–Kier alpha value is -0.450. The summed E-state index contributed by atoms with van der Waals surface area (Å²) in [5.74, 6) is 2.60. The van der Waals surface area contributed by atoms with Crippen LogP contribution >= 0.6 is 11.8 Å². The number of aliphatic hydroxyl groups is 1. The number of furan rings is 1. The average Bonchev–Trinajstić information content (AvgIpc) is 2.63. The summed E-state index contributed by atoms with van der Waals surface area (Å²) in [5.41, 5.74) is 0. The molecule has 0 spiro atoms. The van der Waals surface area contributed by atoms with E-state index in [-0.39, 0.29) is 6.61 Å². The smallest absolute Gasteiger partial charge is 0.129 e. The molecule has 4 heteroatoms. The monoisotopic (exact) mass is 243 g/mol. The quantitative estimate of drug-likeness (QED) is 0.753. The third-order valence-corrected chi connectivity index (χ3v) is 3.26. The van der Waals surface area contributed by atoms with Crippen LogP contribution in [0.2, 0.25) is 0 Å². The minimum atomic E-state index is -0.0279. The molecule has 3 nitrogen and oxygen atoms in total. The first-order valence-electron chi connectivity index (χ1n) is 5.54. The lowest BCUT2D eigenvalue weighted by Gasteiger charge is -2.17. The van der Waals surface area contributed by atoms with Crippen LogP contribution in [0.15, 0.2) is 16.5 Å². The van der Waals surface area contributed by atoms with E-state index in [4.69, 9.17) is 9.52 Å². The number of thioether (sulfide) groups is 1. The van der Waals surface area contributed by atoms with E-state index >= 15 is 0 Å². The van der Waals surface area contributed by atoms with Crippen LogP contribution in [0.3, 0.4) is 0 Å². The fourth-order valence-electron chi connectivity index (χ4n) is 1.24. The van der Waals surface area contributed by atoms with Crippen molar-refractivity contribution < 1.29 is 9.52 Å². The second-order valence-corrected chi connectivity index (χ2v) is 6.59. The summed E-state index contributed by atoms with van der Waals surface area (Å²) in [6.45, 7) is 8.33. The molecule has 1 rings (SSSR count). The Kier molecular flexibility index (Phi) is 5.38. The molecule has 0 aliphatic carbocycles. The van der Waals surface area contributed by atoms with Gasteiger partial charge in [-0.2, -0.15) is 11.8 Å². The van der Waals surface area contributed by atoms with E-state index in [9.17, 15) is 0 Å². The van der Waals surface area contributed by atoms with Gasteiger partial charge >= 0.3 is 0 Å². The lowest BCUT2D eigenvalue weighted by molar-refractivity contribution is 0.243. The largest absolute Gasteiger partial charge is 0.462 e. The molecular formula is C12H21NO2S. The molecule has 0 aromatic carbocycles. The molecular weight excluding hydrogens is 222 g/mol. The first kappa shape index (κ1) is 13.6. The number of aliphatic hydroxyl groups excluding tert-OH is 1. The van der Waals surface area contributed by atoms with Crippen LogP contribution < -0.4 is 5.32 Å². The molecule has 0 aliphatic rings. The zero-order valence-electron chi connectivity index (χ0n) is 10.2. The Bertz CT molecular complexity index is 304. The average molecular weight is 243 g/mol. The highest BCUT2D eigenvalue weighted by Crippen LogP contribution is 2.22. The Balaban J connectivity index is 2.11. The lowest BCUT2D eigenvalue weighted by Crippen LogP contribution is -2.19. The Morgan fingerprint density at radius 2 is 2.00 bits per heavy atom. The molecule has 0 fully saturated rings. The van der Waals surface area contributed by atoms with Gasteiger partial charge in [-0.1, -0.05) is 20.8 Å². The fourth-order valence-corrected chi connectivity index (χ4v) is 2.10. The van der Waals surface area contributed by atoms with Crippen molar-refractivity contribution in [2.75, 3.05) is 12.3 Å². The van der Waals surface area contributed by atoms with Crippen LogP contribution in [0, 0.1) is 0 Å². The van der Waals surface area contributed by atoms with Crippen molar-refractivity contribution in [2.24, 2.45) is 0 Å². The number of hydrogen-bond donors (Lipinski definition) is 2. The Morgan fingerprint density at radius 1 is 1.31 bits per heavy atom. The molecule has 0 unspecified atom stereocenters.